The maximum Gasteiger partial charge on any atom is 0.330 e. The second kappa shape index (κ2) is 9.45. The van der Waals surface area contributed by atoms with Gasteiger partial charge in [0.25, 0.3) is 0 Å². The molecule has 0 aromatic rings. The highest BCUT2D eigenvalue weighted by Crippen LogP contribution is 1.83. The largest absolute Gasteiger partial charge is 0.481 e. The van der Waals surface area contributed by atoms with E-state index in [1.54, 1.807) is 0 Å². The number of carbonyl (C=O) groups is 3. The summed E-state index contributed by atoms with van der Waals surface area (Å²) in [4.78, 5) is 29.7. The van der Waals surface area contributed by atoms with Crippen molar-refractivity contribution in [2.75, 3.05) is 6.61 Å². The van der Waals surface area contributed by atoms with Crippen LogP contribution in [0, 0.1) is 0 Å². The fourth-order valence-electron chi connectivity index (χ4n) is 0.298. The molecule has 0 fully saturated rings. The number of rotatable bonds is 5. The molecular weight excluding hydrogens is 216 g/mol. The van der Waals surface area contributed by atoms with E-state index in [0.29, 0.717) is 0 Å². The molecule has 0 spiro atoms. The Bertz CT molecular complexity index is 280. The topological polar surface area (TPSA) is 101 Å². The molecule has 2 N–H and O–H groups in total. The second-order valence-corrected chi connectivity index (χ2v) is 2.60. The van der Waals surface area contributed by atoms with E-state index in [-0.39, 0.29) is 18.6 Å². The van der Waals surface area contributed by atoms with Gasteiger partial charge in [-0.2, -0.15) is 0 Å². The van der Waals surface area contributed by atoms with Crippen molar-refractivity contribution in [3.63, 3.8) is 0 Å². The van der Waals surface area contributed by atoms with Crippen molar-refractivity contribution >= 4 is 17.9 Å². The van der Waals surface area contributed by atoms with Crippen molar-refractivity contribution in [1.29, 1.82) is 0 Å². The predicted molar refractivity (Wildman–Crippen MR) is 55.9 cm³/mol. The van der Waals surface area contributed by atoms with Crippen LogP contribution >= 0.6 is 0 Å². The summed E-state index contributed by atoms with van der Waals surface area (Å²) in [6.45, 7) is 7.64. The van der Waals surface area contributed by atoms with Gasteiger partial charge in [-0.25, -0.2) is 9.59 Å². The van der Waals surface area contributed by atoms with E-state index in [1.165, 1.54) is 6.92 Å². The van der Waals surface area contributed by atoms with Crippen LogP contribution in [0.5, 0.6) is 0 Å². The lowest BCUT2D eigenvalue weighted by Crippen LogP contribution is -2.06. The van der Waals surface area contributed by atoms with E-state index in [4.69, 9.17) is 10.2 Å². The van der Waals surface area contributed by atoms with Gasteiger partial charge in [0.1, 0.15) is 6.61 Å². The van der Waals surface area contributed by atoms with E-state index in [1.807, 2.05) is 0 Å². The predicted octanol–water partition coefficient (Wildman–Crippen LogP) is 0.837. The first-order chi connectivity index (χ1) is 7.31. The summed E-state index contributed by atoms with van der Waals surface area (Å²) < 4.78 is 4.36. The lowest BCUT2D eigenvalue weighted by atomic mass is 10.4. The zero-order valence-electron chi connectivity index (χ0n) is 8.93. The minimum atomic E-state index is -0.989. The van der Waals surface area contributed by atoms with Gasteiger partial charge in [-0.1, -0.05) is 13.2 Å². The van der Waals surface area contributed by atoms with Crippen LogP contribution < -0.4 is 0 Å². The summed E-state index contributed by atoms with van der Waals surface area (Å²) in [5.41, 5.74) is 0.176. The molecule has 0 aliphatic heterocycles. The number of hydrogen-bond acceptors (Lipinski definition) is 4. The number of aliphatic carboxylic acids is 2. The first-order valence-electron chi connectivity index (χ1n) is 4.21. The lowest BCUT2D eigenvalue weighted by Gasteiger charge is -1.96. The summed E-state index contributed by atoms with van der Waals surface area (Å²) in [6, 6.07) is 0. The van der Waals surface area contributed by atoms with Crippen LogP contribution in [0.3, 0.4) is 0 Å². The van der Waals surface area contributed by atoms with Crippen LogP contribution in [-0.2, 0) is 19.1 Å². The van der Waals surface area contributed by atoms with Gasteiger partial charge in [0.2, 0.25) is 0 Å². The average Bonchev–Trinajstić information content (AvgIpc) is 2.17. The van der Waals surface area contributed by atoms with Crippen LogP contribution in [0.25, 0.3) is 0 Å². The molecule has 0 bridgehead atoms. The normalized spacial score (nSPS) is 8.06. The molecule has 0 aromatic heterocycles. The van der Waals surface area contributed by atoms with Crippen LogP contribution in [0.4, 0.5) is 0 Å². The van der Waals surface area contributed by atoms with Crippen LogP contribution in [0.1, 0.15) is 13.3 Å². The summed E-state index contributed by atoms with van der Waals surface area (Å²) in [5.74, 6) is -2.52. The highest BCUT2D eigenvalue weighted by Gasteiger charge is 1.98. The highest BCUT2D eigenvalue weighted by molar-refractivity contribution is 5.84. The van der Waals surface area contributed by atoms with Gasteiger partial charge in [-0.3, -0.25) is 4.79 Å². The van der Waals surface area contributed by atoms with Crippen molar-refractivity contribution < 1.29 is 29.3 Å². The molecule has 0 aromatic carbocycles. The lowest BCUT2D eigenvalue weighted by molar-refractivity contribution is -0.142. The van der Waals surface area contributed by atoms with Gasteiger partial charge in [-0.05, 0) is 6.92 Å². The second-order valence-electron chi connectivity index (χ2n) is 2.60. The van der Waals surface area contributed by atoms with Crippen molar-refractivity contribution in [2.45, 2.75) is 13.3 Å². The van der Waals surface area contributed by atoms with Crippen molar-refractivity contribution in [3.05, 3.63) is 24.8 Å². The third-order valence-corrected chi connectivity index (χ3v) is 1.09. The third kappa shape index (κ3) is 14.4. The van der Waals surface area contributed by atoms with E-state index in [0.717, 1.165) is 6.08 Å². The molecule has 16 heavy (non-hydrogen) atoms. The van der Waals surface area contributed by atoms with Crippen LogP contribution in [0.15, 0.2) is 24.8 Å². The Morgan fingerprint density at radius 2 is 1.75 bits per heavy atom. The standard InChI is InChI=1S/C6H8O4.C4H6O2/c1-2-6(9)10-4-3-5(7)8;1-3(2)4(5)6/h2H,1,3-4H2,(H,7,8);1H2,2H3,(H,5,6). The van der Waals surface area contributed by atoms with E-state index in [2.05, 4.69) is 17.9 Å². The Morgan fingerprint density at radius 3 is 2.00 bits per heavy atom. The van der Waals surface area contributed by atoms with Gasteiger partial charge < -0.3 is 14.9 Å². The number of ether oxygens (including phenoxy) is 1. The molecule has 0 saturated heterocycles. The van der Waals surface area contributed by atoms with Crippen LogP contribution in [0.2, 0.25) is 0 Å². The summed E-state index contributed by atoms with van der Waals surface area (Å²) >= 11 is 0. The molecule has 0 aliphatic rings. The number of carbonyl (C=O) groups excluding carboxylic acids is 1. The molecular formula is C10H14O6. The Hall–Kier alpha value is -2.11. The molecule has 0 amide bonds. The SMILES string of the molecule is C=C(C)C(=O)O.C=CC(=O)OCCC(=O)O. The third-order valence-electron chi connectivity index (χ3n) is 1.09. The van der Waals surface area contributed by atoms with E-state index in [9.17, 15) is 14.4 Å². The highest BCUT2D eigenvalue weighted by atomic mass is 16.5. The number of carboxylic acid groups (broad SMARTS) is 2. The fraction of sp³-hybridized carbons (Fsp3) is 0.300. The molecule has 0 saturated carbocycles. The first kappa shape index (κ1) is 16.3. The zero-order valence-corrected chi connectivity index (χ0v) is 8.93. The first-order valence-corrected chi connectivity index (χ1v) is 4.21. The fourth-order valence-corrected chi connectivity index (χ4v) is 0.298. The Labute approximate surface area is 92.8 Å². The number of esters is 1. The average molecular weight is 230 g/mol. The molecule has 0 aliphatic carbocycles. The van der Waals surface area contributed by atoms with Crippen LogP contribution in [-0.4, -0.2) is 34.7 Å². The summed E-state index contributed by atoms with van der Waals surface area (Å²) in [6.07, 6.45) is 0.821. The van der Waals surface area contributed by atoms with Crippen molar-refractivity contribution in [1.82, 2.24) is 0 Å². The van der Waals surface area contributed by atoms with Gasteiger partial charge in [0, 0.05) is 11.6 Å². The van der Waals surface area contributed by atoms with Crippen molar-refractivity contribution in [3.8, 4) is 0 Å². The summed E-state index contributed by atoms with van der Waals surface area (Å²) in [7, 11) is 0. The molecule has 90 valence electrons. The van der Waals surface area contributed by atoms with Gasteiger partial charge in [0.15, 0.2) is 0 Å². The maximum atomic E-state index is 10.3. The molecule has 0 unspecified atom stereocenters. The Kier molecular flexibility index (Phi) is 9.64. The molecule has 6 heteroatoms. The van der Waals surface area contributed by atoms with Gasteiger partial charge in [-0.15, -0.1) is 0 Å². The maximum absolute atomic E-state index is 10.3. The molecule has 0 rings (SSSR count). The quantitative estimate of drug-likeness (QED) is 0.536. The van der Waals surface area contributed by atoms with E-state index >= 15 is 0 Å². The Balaban J connectivity index is 0. The minimum Gasteiger partial charge on any atom is -0.481 e. The minimum absolute atomic E-state index is 0.0970. The number of hydrogen-bond donors (Lipinski definition) is 2. The monoisotopic (exact) mass is 230 g/mol. The number of carboxylic acids is 2. The van der Waals surface area contributed by atoms with Gasteiger partial charge >= 0.3 is 17.9 Å². The molecule has 0 atom stereocenters. The molecule has 0 radical (unpaired) electrons. The Morgan fingerprint density at radius 1 is 1.31 bits per heavy atom. The molecule has 0 heterocycles. The smallest absolute Gasteiger partial charge is 0.330 e. The van der Waals surface area contributed by atoms with Gasteiger partial charge in [0.05, 0.1) is 6.42 Å². The zero-order chi connectivity index (χ0) is 13.1. The van der Waals surface area contributed by atoms with Crippen molar-refractivity contribution in [2.24, 2.45) is 0 Å². The van der Waals surface area contributed by atoms with E-state index < -0.39 is 17.9 Å². The molecule has 6 nitrogen and oxygen atoms in total. The summed E-state index contributed by atoms with van der Waals surface area (Å²) in [5, 5.41) is 16.0.